The van der Waals surface area contributed by atoms with Crippen LogP contribution in [0.2, 0.25) is 0 Å². The molecule has 0 heteroatoms. The molecule has 0 heterocycles. The predicted octanol–water partition coefficient (Wildman–Crippen LogP) is 14.3. The zero-order chi connectivity index (χ0) is 37.8. The molecule has 8 aromatic rings. The van der Waals surface area contributed by atoms with E-state index >= 15 is 0 Å². The molecular weight excluding hydrogens is 673 g/mol. The van der Waals surface area contributed by atoms with Gasteiger partial charge in [-0.25, -0.2) is 0 Å². The first kappa shape index (κ1) is 36.0. The number of hydrogen-bond acceptors (Lipinski definition) is 0. The summed E-state index contributed by atoms with van der Waals surface area (Å²) < 4.78 is 0. The Kier molecular flexibility index (Phi) is 11.5. The molecule has 0 aliphatic heterocycles. The molecule has 0 nitrogen and oxygen atoms in total. The van der Waals surface area contributed by atoms with Crippen LogP contribution in [0.25, 0.3) is 33.4 Å². The van der Waals surface area contributed by atoms with E-state index < -0.39 is 0 Å². The van der Waals surface area contributed by atoms with E-state index in [1.54, 1.807) is 0 Å². The Balaban J connectivity index is 1.62. The fourth-order valence-corrected chi connectivity index (χ4v) is 7.73. The zero-order valence-corrected chi connectivity index (χ0v) is 31.5. The highest BCUT2D eigenvalue weighted by molar-refractivity contribution is 6.32. The molecule has 56 heavy (non-hydrogen) atoms. The van der Waals surface area contributed by atoms with Gasteiger partial charge in [0.2, 0.25) is 0 Å². The Hall–Kier alpha value is -7.02. The summed E-state index contributed by atoms with van der Waals surface area (Å²) in [4.78, 5) is 0. The minimum atomic E-state index is 0.757. The molecule has 0 spiro atoms. The number of rotatable bonds is 12. The predicted molar refractivity (Wildman–Crippen MR) is 239 cm³/mol. The molecule has 0 aromatic heterocycles. The van der Waals surface area contributed by atoms with E-state index in [9.17, 15) is 0 Å². The number of hydrogen-bond donors (Lipinski definition) is 0. The van der Waals surface area contributed by atoms with Crippen LogP contribution in [-0.4, -0.2) is 0 Å². The van der Waals surface area contributed by atoms with Crippen molar-refractivity contribution in [2.75, 3.05) is 0 Å². The highest BCUT2D eigenvalue weighted by Gasteiger charge is 2.27. The molecule has 8 aromatic carbocycles. The Morgan fingerprint density at radius 2 is 0.393 bits per heavy atom. The van der Waals surface area contributed by atoms with E-state index in [-0.39, 0.29) is 0 Å². The molecule has 0 unspecified atom stereocenters. The molecule has 0 saturated carbocycles. The van der Waals surface area contributed by atoms with Gasteiger partial charge in [0.05, 0.1) is 0 Å². The lowest BCUT2D eigenvalue weighted by Gasteiger charge is -2.28. The number of benzene rings is 8. The molecule has 0 amide bonds. The van der Waals surface area contributed by atoms with Gasteiger partial charge >= 0.3 is 0 Å². The fourth-order valence-electron chi connectivity index (χ4n) is 7.73. The Labute approximate surface area is 332 Å². The van der Waals surface area contributed by atoms with Crippen molar-refractivity contribution >= 4 is 33.4 Å². The Morgan fingerprint density at radius 1 is 0.196 bits per heavy atom. The van der Waals surface area contributed by atoms with Crippen LogP contribution in [0.4, 0.5) is 0 Å². The molecule has 0 N–H and O–H groups in total. The molecule has 0 fully saturated rings. The van der Waals surface area contributed by atoms with Crippen molar-refractivity contribution in [2.24, 2.45) is 0 Å². The minimum absolute atomic E-state index is 0.757. The Bertz CT molecular complexity index is 2350. The van der Waals surface area contributed by atoms with Gasteiger partial charge < -0.3 is 0 Å². The molecule has 268 valence electrons. The topological polar surface area (TPSA) is 0 Å². The Morgan fingerprint density at radius 3 is 0.643 bits per heavy atom. The number of allylic oxidation sites excluding steroid dienone is 6. The van der Waals surface area contributed by atoms with Crippen molar-refractivity contribution in [3.8, 4) is 0 Å². The summed E-state index contributed by atoms with van der Waals surface area (Å²) in [7, 11) is 0. The monoisotopic (exact) mass is 716 g/mol. The van der Waals surface area contributed by atoms with Crippen molar-refractivity contribution in [1.29, 1.82) is 0 Å². The first-order chi connectivity index (χ1) is 27.8. The summed E-state index contributed by atoms with van der Waals surface area (Å²) in [5.41, 5.74) is 17.0. The second-order valence-corrected chi connectivity index (χ2v) is 14.0. The van der Waals surface area contributed by atoms with Crippen LogP contribution in [0, 0.1) is 0 Å². The van der Waals surface area contributed by atoms with Gasteiger partial charge in [-0.3, -0.25) is 0 Å². The molecule has 0 aliphatic carbocycles. The average Bonchev–Trinajstić information content (AvgIpc) is 3.29. The first-order valence-electron chi connectivity index (χ1n) is 19.4. The van der Waals surface area contributed by atoms with Gasteiger partial charge in [0.15, 0.2) is 0 Å². The summed E-state index contributed by atoms with van der Waals surface area (Å²) in [6.45, 7) is 0. The van der Waals surface area contributed by atoms with Crippen LogP contribution in [0.5, 0.6) is 0 Å². The average molecular weight is 717 g/mol. The highest BCUT2D eigenvalue weighted by Crippen LogP contribution is 2.49. The third kappa shape index (κ3) is 8.36. The van der Waals surface area contributed by atoms with E-state index in [0.29, 0.717) is 0 Å². The maximum Gasteiger partial charge on any atom is -0.00134 e. The maximum absolute atomic E-state index is 2.29. The smallest absolute Gasteiger partial charge is 0.00134 e. The van der Waals surface area contributed by atoms with Gasteiger partial charge in [-0.2, -0.15) is 0 Å². The van der Waals surface area contributed by atoms with Crippen LogP contribution in [0.15, 0.2) is 243 Å². The molecule has 0 saturated heterocycles. The van der Waals surface area contributed by atoms with E-state index in [1.807, 2.05) is 0 Å². The highest BCUT2D eigenvalue weighted by atomic mass is 14.3. The van der Waals surface area contributed by atoms with Gasteiger partial charge in [-0.05, 0) is 90.8 Å². The zero-order valence-electron chi connectivity index (χ0n) is 31.5. The standard InChI is InChI=1S/C56H44/c1-9-25-43(26-10-1)41-51(45-29-13-3-14-30-45)53(47-33-17-5-18-34-47)55(49-37-21-7-22-38-49)56(50-39-23-8-24-40-50)54(48-35-19-6-20-36-48)52(46-31-15-4-16-32-46)42-44-27-11-2-12-28-44/h1-40H,41-42H2/b53-51-,54-52+,56-55-. The molecule has 0 aliphatic rings. The molecule has 8 rings (SSSR count). The summed E-state index contributed by atoms with van der Waals surface area (Å²) in [5.74, 6) is 0. The first-order valence-corrected chi connectivity index (χ1v) is 19.4. The second kappa shape index (κ2) is 17.9. The van der Waals surface area contributed by atoms with Crippen molar-refractivity contribution < 1.29 is 0 Å². The third-order valence-electron chi connectivity index (χ3n) is 10.3. The van der Waals surface area contributed by atoms with Crippen LogP contribution in [0.1, 0.15) is 44.5 Å². The summed E-state index contributed by atoms with van der Waals surface area (Å²) in [6, 6.07) is 87.9. The van der Waals surface area contributed by atoms with E-state index in [4.69, 9.17) is 0 Å². The largest absolute Gasteiger partial charge is 0.0622 e. The molecule has 0 bridgehead atoms. The quantitative estimate of drug-likeness (QED) is 0.0872. The van der Waals surface area contributed by atoms with Gasteiger partial charge in [-0.1, -0.05) is 243 Å². The van der Waals surface area contributed by atoms with Crippen molar-refractivity contribution in [3.05, 3.63) is 287 Å². The summed E-state index contributed by atoms with van der Waals surface area (Å²) in [5, 5.41) is 0. The second-order valence-electron chi connectivity index (χ2n) is 14.0. The summed E-state index contributed by atoms with van der Waals surface area (Å²) in [6.07, 6.45) is 1.51. The van der Waals surface area contributed by atoms with E-state index in [0.717, 1.165) is 24.0 Å². The minimum Gasteiger partial charge on any atom is -0.0622 e. The molecule has 0 atom stereocenters. The lowest BCUT2D eigenvalue weighted by atomic mass is 9.75. The lowest BCUT2D eigenvalue weighted by Crippen LogP contribution is -2.06. The normalized spacial score (nSPS) is 12.6. The van der Waals surface area contributed by atoms with Crippen molar-refractivity contribution in [2.45, 2.75) is 12.8 Å². The van der Waals surface area contributed by atoms with Crippen LogP contribution >= 0.6 is 0 Å². The molecular formula is C56H44. The third-order valence-corrected chi connectivity index (χ3v) is 10.3. The van der Waals surface area contributed by atoms with Gasteiger partial charge in [-0.15, -0.1) is 0 Å². The van der Waals surface area contributed by atoms with Crippen molar-refractivity contribution in [1.82, 2.24) is 0 Å². The van der Waals surface area contributed by atoms with Gasteiger partial charge in [0.25, 0.3) is 0 Å². The van der Waals surface area contributed by atoms with E-state index in [2.05, 4.69) is 243 Å². The fraction of sp³-hybridized carbons (Fsp3) is 0.0357. The van der Waals surface area contributed by atoms with Gasteiger partial charge in [0, 0.05) is 0 Å². The van der Waals surface area contributed by atoms with Crippen LogP contribution in [0.3, 0.4) is 0 Å². The van der Waals surface area contributed by atoms with Gasteiger partial charge in [0.1, 0.15) is 0 Å². The van der Waals surface area contributed by atoms with Crippen LogP contribution in [-0.2, 0) is 12.8 Å². The van der Waals surface area contributed by atoms with Crippen molar-refractivity contribution in [3.63, 3.8) is 0 Å². The SMILES string of the molecule is c1ccc(C/C(=C(/C(=C(\C(=C(/Cc2ccccc2)c2ccccc2)c2ccccc2)c2ccccc2)c2ccccc2)c2ccccc2)c2ccccc2)cc1. The van der Waals surface area contributed by atoms with E-state index in [1.165, 1.54) is 66.8 Å². The van der Waals surface area contributed by atoms with Crippen LogP contribution < -0.4 is 0 Å². The lowest BCUT2D eigenvalue weighted by molar-refractivity contribution is 1.28. The summed E-state index contributed by atoms with van der Waals surface area (Å²) >= 11 is 0. The molecule has 0 radical (unpaired) electrons. The maximum atomic E-state index is 2.29.